The van der Waals surface area contributed by atoms with Crippen LogP contribution >= 0.6 is 22.7 Å². The third kappa shape index (κ3) is 2.95. The molecular weight excluding hydrogens is 372 g/mol. The van der Waals surface area contributed by atoms with Crippen molar-refractivity contribution in [1.82, 2.24) is 19.7 Å². The van der Waals surface area contributed by atoms with Crippen molar-refractivity contribution in [1.29, 1.82) is 0 Å². The van der Waals surface area contributed by atoms with Crippen molar-refractivity contribution in [2.75, 3.05) is 43.5 Å². The highest BCUT2D eigenvalue weighted by atomic mass is 32.1. The molecule has 1 fully saturated rings. The molecule has 1 aliphatic heterocycles. The van der Waals surface area contributed by atoms with E-state index in [0.29, 0.717) is 18.0 Å². The fourth-order valence-corrected chi connectivity index (χ4v) is 4.94. The van der Waals surface area contributed by atoms with Crippen molar-refractivity contribution >= 4 is 54.8 Å². The van der Waals surface area contributed by atoms with Crippen LogP contribution in [0.25, 0.3) is 9.53 Å². The van der Waals surface area contributed by atoms with Crippen LogP contribution in [0.5, 0.6) is 0 Å². The number of thiophene rings is 1. The monoisotopic (exact) mass is 390 g/mol. The van der Waals surface area contributed by atoms with Crippen LogP contribution in [-0.2, 0) is 11.8 Å². The standard InChI is InChI=1S/C16H18N6O2S2/c1-19(2)16-18-14-11(26-16)6-12(25-14)15(24)21-4-5-22(13(23)9-21)10-7-17-20(3)8-10/h6-8H,4-5,9H2,1-3H3. The van der Waals surface area contributed by atoms with Crippen LogP contribution in [0.1, 0.15) is 9.67 Å². The average molecular weight is 390 g/mol. The number of hydrogen-bond donors (Lipinski definition) is 0. The van der Waals surface area contributed by atoms with Gasteiger partial charge in [0.2, 0.25) is 5.91 Å². The normalized spacial score (nSPS) is 15.1. The summed E-state index contributed by atoms with van der Waals surface area (Å²) in [6.45, 7) is 1.05. The zero-order valence-corrected chi connectivity index (χ0v) is 16.3. The fraction of sp³-hybridized carbons (Fsp3) is 0.375. The summed E-state index contributed by atoms with van der Waals surface area (Å²) >= 11 is 2.94. The lowest BCUT2D eigenvalue weighted by atomic mass is 10.2. The predicted octanol–water partition coefficient (Wildman–Crippen LogP) is 1.65. The third-order valence-corrected chi connectivity index (χ3v) is 6.50. The third-order valence-electron chi connectivity index (χ3n) is 4.18. The zero-order valence-electron chi connectivity index (χ0n) is 14.7. The number of thiazole rings is 1. The zero-order chi connectivity index (χ0) is 18.4. The van der Waals surface area contributed by atoms with Crippen LogP contribution in [0.15, 0.2) is 18.5 Å². The van der Waals surface area contributed by atoms with Crippen molar-refractivity contribution < 1.29 is 9.59 Å². The highest BCUT2D eigenvalue weighted by Crippen LogP contribution is 2.34. The number of rotatable bonds is 3. The van der Waals surface area contributed by atoms with E-state index in [0.717, 1.165) is 20.3 Å². The Morgan fingerprint density at radius 1 is 1.27 bits per heavy atom. The second kappa shape index (κ2) is 6.36. The van der Waals surface area contributed by atoms with E-state index in [4.69, 9.17) is 0 Å². The average Bonchev–Trinajstić information content (AvgIpc) is 3.28. The minimum atomic E-state index is -0.106. The van der Waals surface area contributed by atoms with Gasteiger partial charge >= 0.3 is 0 Å². The van der Waals surface area contributed by atoms with E-state index >= 15 is 0 Å². The Hall–Kier alpha value is -2.46. The first-order valence-electron chi connectivity index (χ1n) is 8.08. The molecule has 0 unspecified atom stereocenters. The number of piperazine rings is 1. The summed E-state index contributed by atoms with van der Waals surface area (Å²) in [6, 6.07) is 1.88. The van der Waals surface area contributed by atoms with Gasteiger partial charge in [-0.2, -0.15) is 5.10 Å². The Bertz CT molecular complexity index is 957. The number of anilines is 2. The summed E-state index contributed by atoms with van der Waals surface area (Å²) in [4.78, 5) is 36.5. The van der Waals surface area contributed by atoms with E-state index in [1.807, 2.05) is 32.1 Å². The highest BCUT2D eigenvalue weighted by Gasteiger charge is 2.30. The second-order valence-electron chi connectivity index (χ2n) is 6.32. The number of aryl methyl sites for hydroxylation is 1. The summed E-state index contributed by atoms with van der Waals surface area (Å²) in [7, 11) is 5.70. The van der Waals surface area contributed by atoms with E-state index in [-0.39, 0.29) is 18.4 Å². The van der Waals surface area contributed by atoms with Gasteiger partial charge in [-0.3, -0.25) is 14.3 Å². The first-order valence-corrected chi connectivity index (χ1v) is 9.71. The number of hydrogen-bond acceptors (Lipinski definition) is 7. The van der Waals surface area contributed by atoms with Crippen molar-refractivity contribution in [2.24, 2.45) is 7.05 Å². The van der Waals surface area contributed by atoms with Gasteiger partial charge in [-0.15, -0.1) is 11.3 Å². The van der Waals surface area contributed by atoms with Gasteiger partial charge in [0, 0.05) is 40.4 Å². The molecule has 0 N–H and O–H groups in total. The molecular formula is C16H18N6O2S2. The minimum Gasteiger partial charge on any atom is -0.354 e. The summed E-state index contributed by atoms with van der Waals surface area (Å²) in [5.74, 6) is -0.199. The molecule has 0 atom stereocenters. The van der Waals surface area contributed by atoms with Gasteiger partial charge < -0.3 is 14.7 Å². The number of nitrogens with zero attached hydrogens (tertiary/aromatic N) is 6. The van der Waals surface area contributed by atoms with Crippen LogP contribution < -0.4 is 9.80 Å². The van der Waals surface area contributed by atoms with E-state index in [1.165, 1.54) is 11.3 Å². The molecule has 3 aromatic heterocycles. The van der Waals surface area contributed by atoms with Gasteiger partial charge in [0.25, 0.3) is 5.91 Å². The topological polar surface area (TPSA) is 74.6 Å². The van der Waals surface area contributed by atoms with E-state index in [9.17, 15) is 9.59 Å². The number of amides is 2. The van der Waals surface area contributed by atoms with E-state index in [1.54, 1.807) is 38.2 Å². The molecule has 4 rings (SSSR count). The van der Waals surface area contributed by atoms with Crippen LogP contribution in [0.4, 0.5) is 10.8 Å². The Labute approximate surface area is 158 Å². The van der Waals surface area contributed by atoms with Crippen molar-refractivity contribution in [3.63, 3.8) is 0 Å². The van der Waals surface area contributed by atoms with Gasteiger partial charge in [0.15, 0.2) is 5.13 Å². The molecule has 0 radical (unpaired) electrons. The Balaban J connectivity index is 1.49. The molecule has 0 aromatic carbocycles. The second-order valence-corrected chi connectivity index (χ2v) is 8.35. The Morgan fingerprint density at radius 2 is 2.08 bits per heavy atom. The molecule has 1 aliphatic rings. The lowest BCUT2D eigenvalue weighted by molar-refractivity contribution is -0.120. The minimum absolute atomic E-state index is 0.0790. The van der Waals surface area contributed by atoms with Crippen molar-refractivity contribution in [3.05, 3.63) is 23.3 Å². The summed E-state index contributed by atoms with van der Waals surface area (Å²) < 4.78 is 2.66. The van der Waals surface area contributed by atoms with Gasteiger partial charge in [0.05, 0.1) is 21.5 Å². The quantitative estimate of drug-likeness (QED) is 0.680. The lowest BCUT2D eigenvalue weighted by Gasteiger charge is -2.33. The fourth-order valence-electron chi connectivity index (χ4n) is 2.84. The molecule has 3 aromatic rings. The largest absolute Gasteiger partial charge is 0.354 e. The number of carbonyl (C=O) groups is 2. The van der Waals surface area contributed by atoms with Crippen LogP contribution in [0.3, 0.4) is 0 Å². The number of fused-ring (bicyclic) bond motifs is 1. The van der Waals surface area contributed by atoms with Gasteiger partial charge in [-0.05, 0) is 6.07 Å². The maximum absolute atomic E-state index is 12.8. The van der Waals surface area contributed by atoms with Crippen LogP contribution in [0.2, 0.25) is 0 Å². The van der Waals surface area contributed by atoms with Gasteiger partial charge in [-0.25, -0.2) is 4.98 Å². The van der Waals surface area contributed by atoms with Crippen LogP contribution in [-0.4, -0.2) is 65.2 Å². The smallest absolute Gasteiger partial charge is 0.264 e. The highest BCUT2D eigenvalue weighted by molar-refractivity contribution is 7.29. The molecule has 0 saturated carbocycles. The molecule has 26 heavy (non-hydrogen) atoms. The first kappa shape index (κ1) is 17.0. The SMILES string of the molecule is CN(C)c1nc2sc(C(=O)N3CCN(c4cnn(C)c4)C(=O)C3)cc2s1. The molecule has 0 spiro atoms. The molecule has 4 heterocycles. The molecule has 136 valence electrons. The molecule has 0 bridgehead atoms. The maximum Gasteiger partial charge on any atom is 0.264 e. The molecule has 8 nitrogen and oxygen atoms in total. The Kier molecular flexibility index (Phi) is 4.16. The number of aromatic nitrogens is 3. The summed E-state index contributed by atoms with van der Waals surface area (Å²) in [5, 5.41) is 5.02. The van der Waals surface area contributed by atoms with Crippen molar-refractivity contribution in [3.8, 4) is 0 Å². The summed E-state index contributed by atoms with van der Waals surface area (Å²) in [6.07, 6.45) is 3.47. The van der Waals surface area contributed by atoms with Gasteiger partial charge in [-0.1, -0.05) is 11.3 Å². The molecule has 10 heteroatoms. The molecule has 0 aliphatic carbocycles. The first-order chi connectivity index (χ1) is 12.4. The number of carbonyl (C=O) groups excluding carboxylic acids is 2. The van der Waals surface area contributed by atoms with Crippen LogP contribution in [0, 0.1) is 0 Å². The predicted molar refractivity (Wildman–Crippen MR) is 103 cm³/mol. The van der Waals surface area contributed by atoms with Gasteiger partial charge in [0.1, 0.15) is 11.4 Å². The maximum atomic E-state index is 12.8. The summed E-state index contributed by atoms with van der Waals surface area (Å²) in [5.41, 5.74) is 0.765. The molecule has 2 amide bonds. The van der Waals surface area contributed by atoms with E-state index < -0.39 is 0 Å². The van der Waals surface area contributed by atoms with Crippen molar-refractivity contribution in [2.45, 2.75) is 0 Å². The lowest BCUT2D eigenvalue weighted by Crippen LogP contribution is -2.52. The van der Waals surface area contributed by atoms with E-state index in [2.05, 4.69) is 10.1 Å². The Morgan fingerprint density at radius 3 is 2.69 bits per heavy atom. The molecule has 1 saturated heterocycles.